The van der Waals surface area contributed by atoms with Crippen LogP contribution in [0.25, 0.3) is 0 Å². The van der Waals surface area contributed by atoms with Crippen molar-refractivity contribution >= 4 is 5.69 Å². The van der Waals surface area contributed by atoms with Gasteiger partial charge >= 0.3 is 0 Å². The molecule has 0 fully saturated rings. The van der Waals surface area contributed by atoms with Gasteiger partial charge in [0.25, 0.3) is 0 Å². The molecule has 2 unspecified atom stereocenters. The Labute approximate surface area is 116 Å². The Hall–Kier alpha value is -1.06. The van der Waals surface area contributed by atoms with Gasteiger partial charge in [0.1, 0.15) is 0 Å². The summed E-state index contributed by atoms with van der Waals surface area (Å²) >= 11 is 0. The van der Waals surface area contributed by atoms with E-state index in [0.29, 0.717) is 12.1 Å². The van der Waals surface area contributed by atoms with Gasteiger partial charge in [-0.15, -0.1) is 0 Å². The molecule has 1 aromatic carbocycles. The quantitative estimate of drug-likeness (QED) is 0.883. The fraction of sp³-hybridized carbons (Fsp3) is 0.625. The third-order valence-electron chi connectivity index (χ3n) is 3.88. The van der Waals surface area contributed by atoms with Crippen LogP contribution in [0.4, 0.5) is 5.69 Å². The second-order valence-electron chi connectivity index (χ2n) is 5.45. The van der Waals surface area contributed by atoms with Crippen molar-refractivity contribution in [2.75, 3.05) is 25.2 Å². The Kier molecular flexibility index (Phi) is 5.23. The van der Waals surface area contributed by atoms with Gasteiger partial charge < -0.3 is 15.0 Å². The van der Waals surface area contributed by atoms with Crippen LogP contribution in [0.3, 0.4) is 0 Å². The standard InChI is InChI=1S/C16H26N2O/c1-4-7-15-11-18(13(2)12-19-3)16-9-6-5-8-14(16)10-17-15/h5-6,8-9,13,15,17H,4,7,10-12H2,1-3H3. The van der Waals surface area contributed by atoms with Crippen LogP contribution in [0.5, 0.6) is 0 Å². The fourth-order valence-corrected chi connectivity index (χ4v) is 2.89. The molecule has 2 atom stereocenters. The highest BCUT2D eigenvalue weighted by atomic mass is 16.5. The summed E-state index contributed by atoms with van der Waals surface area (Å²) in [5, 5.41) is 3.68. The summed E-state index contributed by atoms with van der Waals surface area (Å²) in [7, 11) is 1.78. The highest BCUT2D eigenvalue weighted by Crippen LogP contribution is 2.26. The third kappa shape index (κ3) is 3.48. The minimum Gasteiger partial charge on any atom is -0.383 e. The van der Waals surface area contributed by atoms with Gasteiger partial charge in [-0.1, -0.05) is 31.5 Å². The molecule has 0 spiro atoms. The molecule has 106 valence electrons. The number of hydrogen-bond acceptors (Lipinski definition) is 3. The molecule has 3 heteroatoms. The first-order valence-corrected chi connectivity index (χ1v) is 7.33. The Balaban J connectivity index is 2.23. The van der Waals surface area contributed by atoms with Crippen LogP contribution in [0, 0.1) is 0 Å². The lowest BCUT2D eigenvalue weighted by atomic mass is 10.1. The van der Waals surface area contributed by atoms with E-state index in [1.807, 2.05) is 0 Å². The molecule has 1 aliphatic heterocycles. The van der Waals surface area contributed by atoms with Crippen molar-refractivity contribution in [1.29, 1.82) is 0 Å². The highest BCUT2D eigenvalue weighted by Gasteiger charge is 2.24. The molecule has 0 aliphatic carbocycles. The molecule has 1 aromatic rings. The van der Waals surface area contributed by atoms with E-state index in [0.717, 1.165) is 19.7 Å². The minimum absolute atomic E-state index is 0.408. The monoisotopic (exact) mass is 262 g/mol. The number of nitrogens with zero attached hydrogens (tertiary/aromatic N) is 1. The first kappa shape index (κ1) is 14.4. The number of benzene rings is 1. The van der Waals surface area contributed by atoms with E-state index in [-0.39, 0.29) is 0 Å². The molecule has 1 heterocycles. The summed E-state index contributed by atoms with van der Waals surface area (Å²) in [4.78, 5) is 2.50. The van der Waals surface area contributed by atoms with Crippen molar-refractivity contribution < 1.29 is 4.74 Å². The van der Waals surface area contributed by atoms with Gasteiger partial charge in [-0.2, -0.15) is 0 Å². The number of fused-ring (bicyclic) bond motifs is 1. The number of methoxy groups -OCH3 is 1. The molecule has 0 saturated carbocycles. The third-order valence-corrected chi connectivity index (χ3v) is 3.88. The summed E-state index contributed by atoms with van der Waals surface area (Å²) < 4.78 is 5.35. The first-order chi connectivity index (χ1) is 9.26. The summed E-state index contributed by atoms with van der Waals surface area (Å²) in [6, 6.07) is 9.69. The van der Waals surface area contributed by atoms with Gasteiger partial charge in [0, 0.05) is 38.0 Å². The molecule has 0 radical (unpaired) electrons. The van der Waals surface area contributed by atoms with Crippen LogP contribution in [-0.4, -0.2) is 32.3 Å². The molecule has 1 aliphatic rings. The fourth-order valence-electron chi connectivity index (χ4n) is 2.89. The van der Waals surface area contributed by atoms with Crippen molar-refractivity contribution in [1.82, 2.24) is 5.32 Å². The van der Waals surface area contributed by atoms with Crippen LogP contribution >= 0.6 is 0 Å². The molecule has 2 rings (SSSR count). The highest BCUT2D eigenvalue weighted by molar-refractivity contribution is 5.55. The Morgan fingerprint density at radius 1 is 1.42 bits per heavy atom. The number of ether oxygens (including phenoxy) is 1. The van der Waals surface area contributed by atoms with Crippen molar-refractivity contribution in [3.8, 4) is 0 Å². The summed E-state index contributed by atoms with van der Waals surface area (Å²) in [6.45, 7) is 7.30. The SMILES string of the molecule is CCCC1CN(C(C)COC)c2ccccc2CN1. The van der Waals surface area contributed by atoms with E-state index in [1.165, 1.54) is 24.1 Å². The molecule has 1 N–H and O–H groups in total. The lowest BCUT2D eigenvalue weighted by molar-refractivity contribution is 0.180. The predicted molar refractivity (Wildman–Crippen MR) is 80.7 cm³/mol. The van der Waals surface area contributed by atoms with Gasteiger partial charge in [0.05, 0.1) is 6.61 Å². The van der Waals surface area contributed by atoms with E-state index >= 15 is 0 Å². The predicted octanol–water partition coefficient (Wildman–Crippen LogP) is 2.80. The van der Waals surface area contributed by atoms with E-state index in [9.17, 15) is 0 Å². The molecule has 3 nitrogen and oxygen atoms in total. The Morgan fingerprint density at radius 3 is 2.95 bits per heavy atom. The van der Waals surface area contributed by atoms with E-state index in [2.05, 4.69) is 48.3 Å². The first-order valence-electron chi connectivity index (χ1n) is 7.33. The summed E-state index contributed by atoms with van der Waals surface area (Å²) in [5.74, 6) is 0. The lowest BCUT2D eigenvalue weighted by Crippen LogP contribution is -2.44. The summed E-state index contributed by atoms with van der Waals surface area (Å²) in [5.41, 5.74) is 2.75. The van der Waals surface area contributed by atoms with Crippen LogP contribution in [0.2, 0.25) is 0 Å². The number of hydrogen-bond donors (Lipinski definition) is 1. The summed E-state index contributed by atoms with van der Waals surface area (Å²) in [6.07, 6.45) is 2.45. The zero-order valence-electron chi connectivity index (χ0n) is 12.4. The minimum atomic E-state index is 0.408. The molecular weight excluding hydrogens is 236 g/mol. The van der Waals surface area contributed by atoms with Crippen LogP contribution in [-0.2, 0) is 11.3 Å². The topological polar surface area (TPSA) is 24.5 Å². The normalized spacial score (nSPS) is 20.8. The van der Waals surface area contributed by atoms with Gasteiger partial charge in [-0.25, -0.2) is 0 Å². The van der Waals surface area contributed by atoms with Crippen molar-refractivity contribution in [2.24, 2.45) is 0 Å². The second-order valence-corrected chi connectivity index (χ2v) is 5.45. The van der Waals surface area contributed by atoms with E-state index in [4.69, 9.17) is 4.74 Å². The van der Waals surface area contributed by atoms with Gasteiger partial charge in [0.15, 0.2) is 0 Å². The molecular formula is C16H26N2O. The van der Waals surface area contributed by atoms with Crippen LogP contribution in [0.1, 0.15) is 32.3 Å². The Morgan fingerprint density at radius 2 is 2.21 bits per heavy atom. The van der Waals surface area contributed by atoms with Crippen LogP contribution in [0.15, 0.2) is 24.3 Å². The van der Waals surface area contributed by atoms with Gasteiger partial charge in [-0.05, 0) is 25.0 Å². The molecule has 0 aromatic heterocycles. The maximum atomic E-state index is 5.35. The van der Waals surface area contributed by atoms with E-state index < -0.39 is 0 Å². The Bertz CT molecular complexity index is 394. The average Bonchev–Trinajstić information content (AvgIpc) is 2.60. The molecule has 0 saturated heterocycles. The second kappa shape index (κ2) is 6.92. The zero-order valence-corrected chi connectivity index (χ0v) is 12.4. The number of anilines is 1. The van der Waals surface area contributed by atoms with Gasteiger partial charge in [-0.3, -0.25) is 0 Å². The lowest BCUT2D eigenvalue weighted by Gasteiger charge is -2.33. The van der Waals surface area contributed by atoms with Gasteiger partial charge in [0.2, 0.25) is 0 Å². The average molecular weight is 262 g/mol. The number of rotatable bonds is 5. The smallest absolute Gasteiger partial charge is 0.0663 e. The molecule has 19 heavy (non-hydrogen) atoms. The van der Waals surface area contributed by atoms with E-state index in [1.54, 1.807) is 7.11 Å². The number of para-hydroxylation sites is 1. The maximum Gasteiger partial charge on any atom is 0.0663 e. The van der Waals surface area contributed by atoms with Crippen molar-refractivity contribution in [3.05, 3.63) is 29.8 Å². The van der Waals surface area contributed by atoms with Crippen molar-refractivity contribution in [3.63, 3.8) is 0 Å². The zero-order chi connectivity index (χ0) is 13.7. The molecule has 0 bridgehead atoms. The number of nitrogens with one attached hydrogen (secondary N) is 1. The maximum absolute atomic E-state index is 5.35. The largest absolute Gasteiger partial charge is 0.383 e. The van der Waals surface area contributed by atoms with Crippen LogP contribution < -0.4 is 10.2 Å². The van der Waals surface area contributed by atoms with Crippen molar-refractivity contribution in [2.45, 2.75) is 45.3 Å². The molecule has 0 amide bonds.